The first-order valence-corrected chi connectivity index (χ1v) is 12.1. The molecule has 4 nitrogen and oxygen atoms in total. The molecule has 2 aromatic rings. The Kier molecular flexibility index (Phi) is 6.44. The zero-order valence-electron chi connectivity index (χ0n) is 18.0. The monoisotopic (exact) mass is 439 g/mol. The van der Waals surface area contributed by atoms with Gasteiger partial charge in [0.05, 0.1) is 10.4 Å². The quantitative estimate of drug-likeness (QED) is 0.436. The molecule has 0 spiro atoms. The number of unbranched alkanes of at least 4 members (excludes halogenated alkanes) is 1. The highest BCUT2D eigenvalue weighted by atomic mass is 32.2. The van der Waals surface area contributed by atoms with E-state index in [1.54, 1.807) is 4.90 Å². The minimum absolute atomic E-state index is 0.0287. The summed E-state index contributed by atoms with van der Waals surface area (Å²) in [5.41, 5.74) is 3.22. The van der Waals surface area contributed by atoms with E-state index in [2.05, 4.69) is 49.9 Å². The van der Waals surface area contributed by atoms with Gasteiger partial charge in [0, 0.05) is 30.6 Å². The summed E-state index contributed by atoms with van der Waals surface area (Å²) in [5.74, 6) is 1.76. The number of aromatic nitrogens is 1. The number of benzene rings is 1. The van der Waals surface area contributed by atoms with Crippen LogP contribution in [0, 0.1) is 12.8 Å². The predicted molar refractivity (Wildman–Crippen MR) is 132 cm³/mol. The van der Waals surface area contributed by atoms with Crippen LogP contribution in [0.1, 0.15) is 50.7 Å². The second-order valence-corrected chi connectivity index (χ2v) is 10.1. The van der Waals surface area contributed by atoms with Crippen molar-refractivity contribution in [3.8, 4) is 0 Å². The number of nitrogens with zero attached hydrogens (tertiary/aromatic N) is 3. The van der Waals surface area contributed by atoms with Gasteiger partial charge in [-0.2, -0.15) is 0 Å². The summed E-state index contributed by atoms with van der Waals surface area (Å²) in [6.45, 7) is 9.24. The summed E-state index contributed by atoms with van der Waals surface area (Å²) in [6, 6.07) is 8.54. The topological polar surface area (TPSA) is 36.4 Å². The van der Waals surface area contributed by atoms with E-state index in [1.165, 1.54) is 30.2 Å². The lowest BCUT2D eigenvalue weighted by Crippen LogP contribution is -2.34. The number of hydrogen-bond donors (Lipinski definition) is 0. The SMILES string of the molecule is CCCCN1C(=O)/C(=C/c2cc3cc(C)ccc3nc2N2CCC(C)CC2)SC1=S. The number of carbonyl (C=O) groups excluding carboxylic acids is 1. The lowest BCUT2D eigenvalue weighted by Gasteiger charge is -2.32. The van der Waals surface area contributed by atoms with E-state index in [1.807, 2.05) is 6.08 Å². The summed E-state index contributed by atoms with van der Waals surface area (Å²) in [4.78, 5) is 22.9. The molecule has 1 amide bonds. The third-order valence-electron chi connectivity index (χ3n) is 5.96. The molecular formula is C24H29N3OS2. The number of rotatable bonds is 5. The van der Waals surface area contributed by atoms with Gasteiger partial charge >= 0.3 is 0 Å². The molecule has 1 aromatic heterocycles. The fourth-order valence-electron chi connectivity index (χ4n) is 4.03. The van der Waals surface area contributed by atoms with Crippen LogP contribution in [-0.4, -0.2) is 39.7 Å². The normalized spacial score (nSPS) is 19.5. The van der Waals surface area contributed by atoms with Crippen molar-refractivity contribution in [2.45, 2.75) is 46.5 Å². The van der Waals surface area contributed by atoms with E-state index in [0.29, 0.717) is 15.8 Å². The molecule has 2 fully saturated rings. The maximum atomic E-state index is 13.0. The molecule has 158 valence electrons. The third kappa shape index (κ3) is 4.40. The number of thioether (sulfide) groups is 1. The van der Waals surface area contributed by atoms with Gasteiger partial charge in [0.2, 0.25) is 0 Å². The minimum Gasteiger partial charge on any atom is -0.356 e. The lowest BCUT2D eigenvalue weighted by atomic mass is 9.98. The van der Waals surface area contributed by atoms with E-state index >= 15 is 0 Å². The predicted octanol–water partition coefficient (Wildman–Crippen LogP) is 5.78. The zero-order valence-corrected chi connectivity index (χ0v) is 19.6. The summed E-state index contributed by atoms with van der Waals surface area (Å²) in [5, 5.41) is 1.11. The van der Waals surface area contributed by atoms with Gasteiger partial charge in [0.25, 0.3) is 5.91 Å². The Morgan fingerprint density at radius 2 is 2.03 bits per heavy atom. The van der Waals surface area contributed by atoms with Crippen molar-refractivity contribution in [2.24, 2.45) is 5.92 Å². The van der Waals surface area contributed by atoms with Crippen LogP contribution < -0.4 is 4.90 Å². The van der Waals surface area contributed by atoms with Crippen molar-refractivity contribution in [1.82, 2.24) is 9.88 Å². The highest BCUT2D eigenvalue weighted by molar-refractivity contribution is 8.26. The van der Waals surface area contributed by atoms with Crippen LogP contribution in [0.2, 0.25) is 0 Å². The number of hydrogen-bond acceptors (Lipinski definition) is 5. The van der Waals surface area contributed by atoms with Crippen LogP contribution in [0.3, 0.4) is 0 Å². The van der Waals surface area contributed by atoms with Crippen LogP contribution in [0.4, 0.5) is 5.82 Å². The van der Waals surface area contributed by atoms with Gasteiger partial charge < -0.3 is 4.90 Å². The molecule has 6 heteroatoms. The first-order valence-electron chi connectivity index (χ1n) is 10.9. The molecule has 1 aromatic carbocycles. The molecule has 0 unspecified atom stereocenters. The Bertz CT molecular complexity index is 1010. The summed E-state index contributed by atoms with van der Waals surface area (Å²) < 4.78 is 0.664. The second-order valence-electron chi connectivity index (χ2n) is 8.45. The van der Waals surface area contributed by atoms with Crippen LogP contribution in [0.25, 0.3) is 17.0 Å². The number of anilines is 1. The van der Waals surface area contributed by atoms with Gasteiger partial charge in [-0.05, 0) is 56.4 Å². The Morgan fingerprint density at radius 1 is 1.27 bits per heavy atom. The first-order chi connectivity index (χ1) is 14.5. The Balaban J connectivity index is 1.74. The van der Waals surface area contributed by atoms with Gasteiger partial charge in [-0.1, -0.05) is 55.9 Å². The Labute approximate surface area is 188 Å². The Hall–Kier alpha value is -1.92. The van der Waals surface area contributed by atoms with E-state index in [0.717, 1.165) is 54.1 Å². The molecule has 30 heavy (non-hydrogen) atoms. The van der Waals surface area contributed by atoms with Crippen LogP contribution >= 0.6 is 24.0 Å². The van der Waals surface area contributed by atoms with Crippen molar-refractivity contribution in [3.63, 3.8) is 0 Å². The van der Waals surface area contributed by atoms with Crippen molar-refractivity contribution in [3.05, 3.63) is 40.3 Å². The van der Waals surface area contributed by atoms with Crippen molar-refractivity contribution >= 4 is 57.0 Å². The Morgan fingerprint density at radius 3 is 2.77 bits per heavy atom. The van der Waals surface area contributed by atoms with Crippen LogP contribution in [0.5, 0.6) is 0 Å². The summed E-state index contributed by atoms with van der Waals surface area (Å²) in [6.07, 6.45) is 6.36. The summed E-state index contributed by atoms with van der Waals surface area (Å²) in [7, 11) is 0. The molecule has 2 aliphatic heterocycles. The average molecular weight is 440 g/mol. The third-order valence-corrected chi connectivity index (χ3v) is 7.33. The van der Waals surface area contributed by atoms with E-state index in [-0.39, 0.29) is 5.91 Å². The van der Waals surface area contributed by atoms with E-state index in [4.69, 9.17) is 17.2 Å². The molecular weight excluding hydrogens is 410 g/mol. The second kappa shape index (κ2) is 9.06. The standard InChI is InChI=1S/C24H29N3OS2/c1-4-5-10-27-23(28)21(30-24(27)29)15-19-14-18-13-17(3)6-7-20(18)25-22(19)26-11-8-16(2)9-12-26/h6-7,13-16H,4-5,8-12H2,1-3H3/b21-15-. The van der Waals surface area contributed by atoms with Gasteiger partial charge in [0.15, 0.2) is 0 Å². The molecule has 0 N–H and O–H groups in total. The zero-order chi connectivity index (χ0) is 21.3. The maximum Gasteiger partial charge on any atom is 0.266 e. The fraction of sp³-hybridized carbons (Fsp3) is 0.458. The fourth-order valence-corrected chi connectivity index (χ4v) is 5.33. The van der Waals surface area contributed by atoms with Gasteiger partial charge in [-0.25, -0.2) is 4.98 Å². The number of piperidine rings is 1. The number of amides is 1. The highest BCUT2D eigenvalue weighted by Crippen LogP contribution is 2.36. The molecule has 2 aliphatic rings. The van der Waals surface area contributed by atoms with Crippen LogP contribution in [-0.2, 0) is 4.79 Å². The number of carbonyl (C=O) groups is 1. The van der Waals surface area contributed by atoms with Gasteiger partial charge in [-0.15, -0.1) is 0 Å². The van der Waals surface area contributed by atoms with E-state index in [9.17, 15) is 4.79 Å². The van der Waals surface area contributed by atoms with Crippen molar-refractivity contribution < 1.29 is 4.79 Å². The number of fused-ring (bicyclic) bond motifs is 1. The molecule has 4 rings (SSSR count). The molecule has 0 aliphatic carbocycles. The minimum atomic E-state index is 0.0287. The van der Waals surface area contributed by atoms with Crippen molar-refractivity contribution in [1.29, 1.82) is 0 Å². The lowest BCUT2D eigenvalue weighted by molar-refractivity contribution is -0.122. The molecule has 0 atom stereocenters. The number of pyridine rings is 1. The van der Waals surface area contributed by atoms with Gasteiger partial charge in [-0.3, -0.25) is 9.69 Å². The highest BCUT2D eigenvalue weighted by Gasteiger charge is 2.32. The average Bonchev–Trinajstić information content (AvgIpc) is 2.99. The van der Waals surface area contributed by atoms with Crippen molar-refractivity contribution in [2.75, 3.05) is 24.5 Å². The van der Waals surface area contributed by atoms with E-state index < -0.39 is 0 Å². The number of aryl methyl sites for hydroxylation is 1. The molecule has 0 bridgehead atoms. The molecule has 2 saturated heterocycles. The van der Waals surface area contributed by atoms with Gasteiger partial charge in [0.1, 0.15) is 10.1 Å². The summed E-state index contributed by atoms with van der Waals surface area (Å²) >= 11 is 6.90. The first kappa shape index (κ1) is 21.3. The molecule has 3 heterocycles. The smallest absolute Gasteiger partial charge is 0.266 e. The molecule has 0 radical (unpaired) electrons. The number of thiocarbonyl (C=S) groups is 1. The maximum absolute atomic E-state index is 13.0. The van der Waals surface area contributed by atoms with Crippen LogP contribution in [0.15, 0.2) is 29.2 Å². The molecule has 0 saturated carbocycles. The largest absolute Gasteiger partial charge is 0.356 e.